The van der Waals surface area contributed by atoms with Crippen LogP contribution in [0.1, 0.15) is 22.5 Å². The molecule has 0 spiro atoms. The Morgan fingerprint density at radius 1 is 0.939 bits per heavy atom. The Morgan fingerprint density at radius 3 is 2.52 bits per heavy atom. The number of carbonyl (C=O) groups is 1. The molecule has 0 saturated carbocycles. The summed E-state index contributed by atoms with van der Waals surface area (Å²) < 4.78 is 33.5. The van der Waals surface area contributed by atoms with Gasteiger partial charge in [0.1, 0.15) is 5.58 Å². The van der Waals surface area contributed by atoms with Crippen molar-refractivity contribution in [3.05, 3.63) is 100 Å². The van der Waals surface area contributed by atoms with Gasteiger partial charge in [-0.1, -0.05) is 36.4 Å². The monoisotopic (exact) mass is 460 g/mol. The van der Waals surface area contributed by atoms with E-state index >= 15 is 0 Å². The number of hydrogen-bond acceptors (Lipinski definition) is 5. The number of nitrogens with zero attached hydrogens (tertiary/aromatic N) is 1. The summed E-state index contributed by atoms with van der Waals surface area (Å²) in [5, 5.41) is 3.11. The maximum atomic E-state index is 13.3. The molecular weight excluding hydrogens is 440 g/mol. The van der Waals surface area contributed by atoms with Gasteiger partial charge in [0.25, 0.3) is 15.9 Å². The first kappa shape index (κ1) is 21.0. The fraction of sp³-hybridized carbons (Fsp3) is 0.120. The zero-order valence-corrected chi connectivity index (χ0v) is 18.3. The molecule has 5 rings (SSSR count). The molecule has 8 heteroatoms. The minimum Gasteiger partial charge on any atom is -0.451 e. The highest BCUT2D eigenvalue weighted by atomic mass is 32.2. The Balaban J connectivity index is 1.48. The number of carbonyl (C=O) groups excluding carboxylic acids is 1. The summed E-state index contributed by atoms with van der Waals surface area (Å²) in [6, 6.07) is 21.3. The van der Waals surface area contributed by atoms with Crippen LogP contribution in [0.5, 0.6) is 0 Å². The molecular formula is C25H20N2O5S. The highest BCUT2D eigenvalue weighted by Crippen LogP contribution is 2.34. The largest absolute Gasteiger partial charge is 0.451 e. The average Bonchev–Trinajstić information content (AvgIpc) is 2.84. The first-order chi connectivity index (χ1) is 15.9. The van der Waals surface area contributed by atoms with E-state index in [2.05, 4.69) is 5.32 Å². The third kappa shape index (κ3) is 3.89. The molecule has 0 saturated heterocycles. The first-order valence-electron chi connectivity index (χ1n) is 10.5. The van der Waals surface area contributed by atoms with E-state index in [9.17, 15) is 18.0 Å². The van der Waals surface area contributed by atoms with E-state index in [1.165, 1.54) is 4.31 Å². The molecule has 1 aromatic heterocycles. The number of nitrogens with one attached hydrogen (secondary N) is 1. The summed E-state index contributed by atoms with van der Waals surface area (Å²) in [7, 11) is -3.74. The van der Waals surface area contributed by atoms with Crippen LogP contribution in [0.25, 0.3) is 11.0 Å². The van der Waals surface area contributed by atoms with Crippen molar-refractivity contribution in [2.24, 2.45) is 0 Å². The lowest BCUT2D eigenvalue weighted by atomic mass is 10.0. The van der Waals surface area contributed by atoms with Crippen LogP contribution >= 0.6 is 0 Å². The molecule has 7 nitrogen and oxygen atoms in total. The molecule has 0 aliphatic carbocycles. The Kier molecular flexibility index (Phi) is 5.22. The number of para-hydroxylation sites is 1. The van der Waals surface area contributed by atoms with E-state index in [0.717, 1.165) is 18.1 Å². The van der Waals surface area contributed by atoms with Crippen LogP contribution in [0.3, 0.4) is 0 Å². The molecule has 0 bridgehead atoms. The van der Waals surface area contributed by atoms with Crippen molar-refractivity contribution in [1.29, 1.82) is 0 Å². The van der Waals surface area contributed by atoms with Crippen molar-refractivity contribution in [1.82, 2.24) is 0 Å². The second kappa shape index (κ2) is 8.22. The van der Waals surface area contributed by atoms with E-state index in [4.69, 9.17) is 4.42 Å². The van der Waals surface area contributed by atoms with E-state index in [0.29, 0.717) is 35.3 Å². The van der Waals surface area contributed by atoms with E-state index in [-0.39, 0.29) is 16.1 Å². The molecule has 0 atom stereocenters. The molecule has 0 unspecified atom stereocenters. The number of benzene rings is 3. The van der Waals surface area contributed by atoms with Gasteiger partial charge in [0, 0.05) is 18.3 Å². The fourth-order valence-electron chi connectivity index (χ4n) is 4.00. The van der Waals surface area contributed by atoms with E-state index in [1.54, 1.807) is 66.7 Å². The lowest BCUT2D eigenvalue weighted by molar-refractivity contribution is 0.0997. The van der Waals surface area contributed by atoms with E-state index < -0.39 is 15.9 Å². The van der Waals surface area contributed by atoms with Gasteiger partial charge >= 0.3 is 0 Å². The van der Waals surface area contributed by atoms with Gasteiger partial charge in [-0.05, 0) is 54.8 Å². The average molecular weight is 461 g/mol. The molecule has 1 N–H and O–H groups in total. The van der Waals surface area contributed by atoms with Gasteiger partial charge in [-0.2, -0.15) is 0 Å². The van der Waals surface area contributed by atoms with Gasteiger partial charge in [0.05, 0.1) is 16.0 Å². The topological polar surface area (TPSA) is 96.7 Å². The van der Waals surface area contributed by atoms with Gasteiger partial charge in [0.2, 0.25) is 0 Å². The zero-order valence-electron chi connectivity index (χ0n) is 17.5. The quantitative estimate of drug-likeness (QED) is 0.493. The van der Waals surface area contributed by atoms with Gasteiger partial charge in [-0.3, -0.25) is 13.9 Å². The van der Waals surface area contributed by atoms with Crippen molar-refractivity contribution >= 4 is 38.3 Å². The number of rotatable bonds is 4. The summed E-state index contributed by atoms with van der Waals surface area (Å²) in [6.45, 7) is 0.348. The van der Waals surface area contributed by atoms with Crippen LogP contribution in [0, 0.1) is 0 Å². The molecule has 33 heavy (non-hydrogen) atoms. The molecule has 0 radical (unpaired) electrons. The maximum Gasteiger partial charge on any atom is 0.291 e. The Bertz CT molecular complexity index is 1530. The second-order valence-electron chi connectivity index (χ2n) is 7.76. The summed E-state index contributed by atoms with van der Waals surface area (Å²) in [6.07, 6.45) is 1.44. The van der Waals surface area contributed by atoms with Crippen molar-refractivity contribution in [2.75, 3.05) is 16.2 Å². The third-order valence-corrected chi connectivity index (χ3v) is 7.44. The Labute approximate surface area is 190 Å². The van der Waals surface area contributed by atoms with Crippen LogP contribution in [-0.2, 0) is 16.4 Å². The predicted octanol–water partition coefficient (Wildman–Crippen LogP) is 4.19. The number of sulfonamides is 1. The smallest absolute Gasteiger partial charge is 0.291 e. The minimum atomic E-state index is -3.74. The molecule has 1 aliphatic heterocycles. The number of anilines is 2. The number of fused-ring (bicyclic) bond motifs is 2. The Hall–Kier alpha value is -3.91. The minimum absolute atomic E-state index is 0.120. The van der Waals surface area contributed by atoms with Crippen molar-refractivity contribution < 1.29 is 17.6 Å². The zero-order chi connectivity index (χ0) is 23.0. The standard InChI is InChI=1S/C25H20N2O5S/c28-22-16-24(32-23-11-5-4-10-20(22)23)25(29)26-18-13-12-17-7-6-14-27(21(17)15-18)33(30,31)19-8-2-1-3-9-19/h1-5,8-13,15-16H,6-7,14H2,(H,26,29). The van der Waals surface area contributed by atoms with Gasteiger partial charge in [-0.25, -0.2) is 8.42 Å². The first-order valence-corrected chi connectivity index (χ1v) is 11.9. The van der Waals surface area contributed by atoms with Crippen LogP contribution in [0.2, 0.25) is 0 Å². The van der Waals surface area contributed by atoms with Crippen LogP contribution < -0.4 is 15.1 Å². The summed E-state index contributed by atoms with van der Waals surface area (Å²) >= 11 is 0. The molecule has 1 amide bonds. The SMILES string of the molecule is O=C(Nc1ccc2c(c1)N(S(=O)(=O)c1ccccc1)CCC2)c1cc(=O)c2ccccc2o1. The highest BCUT2D eigenvalue weighted by Gasteiger charge is 2.29. The van der Waals surface area contributed by atoms with Gasteiger partial charge in [-0.15, -0.1) is 0 Å². The fourth-order valence-corrected chi connectivity index (χ4v) is 5.55. The van der Waals surface area contributed by atoms with Crippen LogP contribution in [0.4, 0.5) is 11.4 Å². The summed E-state index contributed by atoms with van der Waals surface area (Å²) in [5.74, 6) is -0.712. The maximum absolute atomic E-state index is 13.3. The van der Waals surface area contributed by atoms with Crippen molar-refractivity contribution in [3.63, 3.8) is 0 Å². The number of aryl methyl sites for hydroxylation is 1. The third-order valence-electron chi connectivity index (χ3n) is 5.61. The molecule has 0 fully saturated rings. The second-order valence-corrected chi connectivity index (χ2v) is 9.62. The van der Waals surface area contributed by atoms with Crippen LogP contribution in [0.15, 0.2) is 93.0 Å². The normalized spacial score (nSPS) is 13.5. The molecule has 166 valence electrons. The van der Waals surface area contributed by atoms with E-state index in [1.807, 2.05) is 6.07 Å². The highest BCUT2D eigenvalue weighted by molar-refractivity contribution is 7.92. The lowest BCUT2D eigenvalue weighted by Crippen LogP contribution is -2.35. The van der Waals surface area contributed by atoms with Crippen LogP contribution in [-0.4, -0.2) is 20.9 Å². The van der Waals surface area contributed by atoms with Gasteiger partial charge < -0.3 is 9.73 Å². The molecule has 3 aromatic carbocycles. The Morgan fingerprint density at radius 2 is 1.70 bits per heavy atom. The molecule has 4 aromatic rings. The molecule has 2 heterocycles. The van der Waals surface area contributed by atoms with Gasteiger partial charge in [0.15, 0.2) is 11.2 Å². The van der Waals surface area contributed by atoms with Crippen molar-refractivity contribution in [3.8, 4) is 0 Å². The molecule has 1 aliphatic rings. The number of hydrogen-bond donors (Lipinski definition) is 1. The van der Waals surface area contributed by atoms with Crippen molar-refractivity contribution in [2.45, 2.75) is 17.7 Å². The summed E-state index contributed by atoms with van der Waals surface area (Å²) in [4.78, 5) is 25.3. The predicted molar refractivity (Wildman–Crippen MR) is 126 cm³/mol. The number of amides is 1. The lowest BCUT2D eigenvalue weighted by Gasteiger charge is -2.31. The summed E-state index contributed by atoms with van der Waals surface area (Å²) in [5.41, 5.74) is 1.83.